The molecule has 0 radical (unpaired) electrons. The number of hydrogen-bond acceptors (Lipinski definition) is 28. The molecule has 2 heterocycles. The van der Waals surface area contributed by atoms with Crippen LogP contribution in [0, 0.1) is 0 Å². The summed E-state index contributed by atoms with van der Waals surface area (Å²) >= 11 is 0. The van der Waals surface area contributed by atoms with Gasteiger partial charge in [-0.15, -0.1) is 0 Å². The molecule has 0 aromatic rings. The van der Waals surface area contributed by atoms with E-state index in [-0.39, 0.29) is 65.1 Å². The molecule has 32 heteroatoms. The van der Waals surface area contributed by atoms with Gasteiger partial charge in [-0.2, -0.15) is 0 Å². The highest BCUT2D eigenvalue weighted by atomic mass is 16.7. The SMILES string of the molecule is CCCCCCCCCCCCCCCCOC(=O)CC[C@H](NC(=O)CCC(=O)N(CCCNC(=O)[C@H](O)[C@H](O)C(O[C@@H]1O[C@H](CO)[C@H](O)[C@@H](O)[C@@H]1O)C(O)CO)CCCNC(=O)[C@H](O)[C@H](O)C(O[C@@H]1O[C@H](CO)[C@H](O)[C@@H](O)[C@@H]1O)C(O)CO)C(=O)OCCCCCCCCCCCCCCCC. The molecule has 2 aliphatic heterocycles. The summed E-state index contributed by atoms with van der Waals surface area (Å²) in [5, 5.41) is 173. The van der Waals surface area contributed by atoms with Crippen LogP contribution < -0.4 is 16.0 Å². The van der Waals surface area contributed by atoms with E-state index >= 15 is 0 Å². The first-order chi connectivity index (χ1) is 49.4. The van der Waals surface area contributed by atoms with Gasteiger partial charge in [0.1, 0.15) is 91.5 Å². The van der Waals surface area contributed by atoms with Crippen molar-refractivity contribution in [3.63, 3.8) is 0 Å². The average molecular weight is 1490 g/mol. The predicted octanol–water partition coefficient (Wildman–Crippen LogP) is -0.558. The van der Waals surface area contributed by atoms with Gasteiger partial charge in [0.2, 0.25) is 11.8 Å². The summed E-state index contributed by atoms with van der Waals surface area (Å²) in [4.78, 5) is 82.1. The number of unbranched alkanes of at least 4 members (excludes halogenated alkanes) is 26. The van der Waals surface area contributed by atoms with Crippen LogP contribution in [0.3, 0.4) is 0 Å². The molecule has 32 nitrogen and oxygen atoms in total. The maximum Gasteiger partial charge on any atom is 0.328 e. The predicted molar refractivity (Wildman–Crippen MR) is 372 cm³/mol. The first-order valence-corrected chi connectivity index (χ1v) is 38.1. The van der Waals surface area contributed by atoms with Crippen molar-refractivity contribution in [1.82, 2.24) is 20.9 Å². The molecule has 4 amide bonds. The summed E-state index contributed by atoms with van der Waals surface area (Å²) in [7, 11) is 0. The van der Waals surface area contributed by atoms with Crippen LogP contribution in [0.4, 0.5) is 0 Å². The van der Waals surface area contributed by atoms with Gasteiger partial charge >= 0.3 is 11.9 Å². The number of carbonyl (C=O) groups excluding carboxylic acids is 6. The molecule has 0 spiro atoms. The monoisotopic (exact) mass is 1490 g/mol. The van der Waals surface area contributed by atoms with E-state index in [4.69, 9.17) is 28.4 Å². The van der Waals surface area contributed by atoms with Crippen molar-refractivity contribution in [2.75, 3.05) is 65.8 Å². The normalized spacial score (nSPS) is 23.3. The Bertz CT molecular complexity index is 2150. The smallest absolute Gasteiger partial charge is 0.328 e. The molecule has 0 saturated carbocycles. The number of hydrogen-bond donors (Lipinski definition) is 19. The summed E-state index contributed by atoms with van der Waals surface area (Å²) in [6, 6.07) is -1.29. The first-order valence-electron chi connectivity index (χ1n) is 38.1. The van der Waals surface area contributed by atoms with Gasteiger partial charge in [0.05, 0.1) is 39.6 Å². The molecule has 2 rings (SSSR count). The molecule has 2 fully saturated rings. The van der Waals surface area contributed by atoms with E-state index in [1.54, 1.807) is 0 Å². The Morgan fingerprint density at radius 3 is 1.13 bits per heavy atom. The van der Waals surface area contributed by atoms with Crippen LogP contribution in [0.5, 0.6) is 0 Å². The molecule has 19 atom stereocenters. The molecule has 4 unspecified atom stereocenters. The van der Waals surface area contributed by atoms with Gasteiger partial charge in [-0.1, -0.05) is 181 Å². The Balaban J connectivity index is 2.19. The lowest BCUT2D eigenvalue weighted by atomic mass is 9.98. The molecule has 0 bridgehead atoms. The Morgan fingerprint density at radius 2 is 0.777 bits per heavy atom. The number of nitrogens with one attached hydrogen (secondary N) is 3. The second-order valence-corrected chi connectivity index (χ2v) is 27.4. The quantitative estimate of drug-likeness (QED) is 0.0268. The summed E-state index contributed by atoms with van der Waals surface area (Å²) in [6.07, 6.45) is -6.16. The lowest BCUT2D eigenvalue weighted by molar-refractivity contribution is -0.326. The molecular formula is C71H132N4O28. The number of esters is 2. The number of carbonyl (C=O) groups is 6. The van der Waals surface area contributed by atoms with E-state index in [9.17, 15) is 110 Å². The second kappa shape index (κ2) is 57.2. The Labute approximate surface area is 607 Å². The van der Waals surface area contributed by atoms with E-state index in [0.29, 0.717) is 12.8 Å². The first kappa shape index (κ1) is 95.1. The number of ether oxygens (including phenoxy) is 6. The fourth-order valence-corrected chi connectivity index (χ4v) is 12.2. The van der Waals surface area contributed by atoms with Gasteiger partial charge in [-0.3, -0.25) is 24.0 Å². The van der Waals surface area contributed by atoms with Crippen molar-refractivity contribution >= 4 is 35.6 Å². The third-order valence-corrected chi connectivity index (χ3v) is 18.8. The molecule has 0 aromatic carbocycles. The Hall–Kier alpha value is -3.98. The zero-order valence-corrected chi connectivity index (χ0v) is 61.1. The van der Waals surface area contributed by atoms with E-state index in [1.807, 2.05) is 0 Å². The fraction of sp³-hybridized carbons (Fsp3) is 0.915. The summed E-state index contributed by atoms with van der Waals surface area (Å²) in [6.45, 7) is -0.459. The molecule has 2 aliphatic rings. The van der Waals surface area contributed by atoms with E-state index in [2.05, 4.69) is 29.8 Å². The van der Waals surface area contributed by atoms with Crippen molar-refractivity contribution in [3.05, 3.63) is 0 Å². The van der Waals surface area contributed by atoms with Crippen LogP contribution in [0.25, 0.3) is 0 Å². The highest BCUT2D eigenvalue weighted by molar-refractivity contribution is 5.88. The Kier molecular flexibility index (Phi) is 52.8. The molecule has 103 heavy (non-hydrogen) atoms. The largest absolute Gasteiger partial charge is 0.466 e. The van der Waals surface area contributed by atoms with Crippen molar-refractivity contribution in [1.29, 1.82) is 0 Å². The lowest BCUT2D eigenvalue weighted by Gasteiger charge is -2.42. The highest BCUT2D eigenvalue weighted by Gasteiger charge is 2.49. The van der Waals surface area contributed by atoms with Gasteiger partial charge in [0.25, 0.3) is 11.8 Å². The molecule has 0 aromatic heterocycles. The van der Waals surface area contributed by atoms with Gasteiger partial charge in [-0.25, -0.2) is 4.79 Å². The third kappa shape index (κ3) is 38.1. The van der Waals surface area contributed by atoms with Crippen LogP contribution in [0.2, 0.25) is 0 Å². The van der Waals surface area contributed by atoms with Gasteiger partial charge in [0, 0.05) is 45.4 Å². The number of amides is 4. The van der Waals surface area contributed by atoms with Crippen molar-refractivity contribution < 1.29 is 139 Å². The molecular weight excluding hydrogens is 1360 g/mol. The van der Waals surface area contributed by atoms with Gasteiger partial charge < -0.3 is 131 Å². The van der Waals surface area contributed by atoms with E-state index in [1.165, 1.54) is 120 Å². The standard InChI is InChI=1S/C71H132N4O28/c1-3-5-7-9-11-13-15-17-19-21-23-25-27-29-41-98-54(84)36-33-47(69(97)99-42-30-28-26-24-22-20-18-16-14-12-10-8-6-4-2)74-52(82)34-35-53(83)75(39-31-37-72-67(95)61(91)59(89)65(48(80)43-76)102-70-63(93)57(87)55(85)50(45-78)100-70)40-32-38-73-68(96)62(92)60(90)66(49(81)44-77)103-71-64(94)58(88)56(86)51(46-79)101-71/h47-51,55-66,70-71,76-81,85-94H,3-46H2,1-2H3,(H,72,95)(H,73,96)(H,74,82)/t47-,48?,49?,50+,51+,55-,56-,57+,58+,59-,60-,61+,62+,63-,64-,65?,66?,70-,71-/m0/s1. The van der Waals surface area contributed by atoms with E-state index < -0.39 is 191 Å². The fourth-order valence-electron chi connectivity index (χ4n) is 12.2. The third-order valence-electron chi connectivity index (χ3n) is 18.8. The second-order valence-electron chi connectivity index (χ2n) is 27.4. The van der Waals surface area contributed by atoms with Crippen molar-refractivity contribution in [2.24, 2.45) is 0 Å². The zero-order chi connectivity index (χ0) is 76.5. The molecule has 19 N–H and O–H groups in total. The lowest BCUT2D eigenvalue weighted by Crippen LogP contribution is -2.62. The van der Waals surface area contributed by atoms with E-state index in [0.717, 1.165) is 51.4 Å². The minimum atomic E-state index is -2.43. The summed E-state index contributed by atoms with van der Waals surface area (Å²) in [5.41, 5.74) is 0. The topological polar surface area (TPSA) is 521 Å². The molecule has 604 valence electrons. The maximum absolute atomic E-state index is 14.1. The molecule has 0 aliphatic carbocycles. The van der Waals surface area contributed by atoms with Crippen molar-refractivity contribution in [3.8, 4) is 0 Å². The minimum Gasteiger partial charge on any atom is -0.466 e. The maximum atomic E-state index is 14.1. The average Bonchev–Trinajstić information content (AvgIpc) is 0.811. The van der Waals surface area contributed by atoms with Gasteiger partial charge in [0.15, 0.2) is 24.8 Å². The number of aliphatic hydroxyl groups is 16. The number of nitrogens with zero attached hydrogens (tertiary/aromatic N) is 1. The summed E-state index contributed by atoms with van der Waals surface area (Å²) < 4.78 is 32.4. The highest BCUT2D eigenvalue weighted by Crippen LogP contribution is 2.28. The van der Waals surface area contributed by atoms with Crippen LogP contribution >= 0.6 is 0 Å². The number of aliphatic hydroxyl groups excluding tert-OH is 16. The van der Waals surface area contributed by atoms with Crippen LogP contribution in [0.1, 0.15) is 232 Å². The van der Waals surface area contributed by atoms with Crippen LogP contribution in [-0.4, -0.2) is 304 Å². The zero-order valence-electron chi connectivity index (χ0n) is 61.1. The van der Waals surface area contributed by atoms with Crippen LogP contribution in [-0.2, 0) is 57.2 Å². The Morgan fingerprint density at radius 1 is 0.427 bits per heavy atom. The van der Waals surface area contributed by atoms with Crippen LogP contribution in [0.15, 0.2) is 0 Å². The minimum absolute atomic E-state index is 0.0703. The van der Waals surface area contributed by atoms with Gasteiger partial charge in [-0.05, 0) is 32.1 Å². The van der Waals surface area contributed by atoms with Crippen molar-refractivity contribution in [2.45, 2.75) is 348 Å². The summed E-state index contributed by atoms with van der Waals surface area (Å²) in [5.74, 6) is -5.35. The number of rotatable bonds is 62. The molecule has 2 saturated heterocycles.